The lowest BCUT2D eigenvalue weighted by molar-refractivity contribution is -0.118. The first kappa shape index (κ1) is 14.1. The number of nitrogens with zero attached hydrogens (tertiary/aromatic N) is 3. The van der Waals surface area contributed by atoms with Crippen molar-refractivity contribution in [2.45, 2.75) is 30.1 Å². The van der Waals surface area contributed by atoms with Crippen LogP contribution in [0.25, 0.3) is 0 Å². The molecule has 1 aliphatic carbocycles. The molecule has 1 amide bonds. The molecule has 110 valence electrons. The van der Waals surface area contributed by atoms with Crippen molar-refractivity contribution in [3.8, 4) is 0 Å². The van der Waals surface area contributed by atoms with Gasteiger partial charge in [-0.05, 0) is 25.0 Å². The Balaban J connectivity index is 1.35. The van der Waals surface area contributed by atoms with Gasteiger partial charge in [0.1, 0.15) is 0 Å². The maximum atomic E-state index is 11.7. The molecular weight excluding hydrogens is 288 g/mol. The van der Waals surface area contributed by atoms with E-state index in [0.717, 1.165) is 23.6 Å². The van der Waals surface area contributed by atoms with E-state index in [1.54, 1.807) is 12.4 Å². The maximum absolute atomic E-state index is 11.7. The Bertz CT molecular complexity index is 598. The number of carbonyl (C=O) groups excluding carboxylic acids is 1. The number of pyridine rings is 1. The van der Waals surface area contributed by atoms with Gasteiger partial charge in [-0.1, -0.05) is 5.16 Å². The quantitative estimate of drug-likeness (QED) is 0.786. The van der Waals surface area contributed by atoms with Gasteiger partial charge in [0, 0.05) is 36.2 Å². The number of nitrogens with one attached hydrogen (secondary N) is 1. The summed E-state index contributed by atoms with van der Waals surface area (Å²) in [6.45, 7) is 0.527. The van der Waals surface area contributed by atoms with Crippen LogP contribution in [0, 0.1) is 0 Å². The van der Waals surface area contributed by atoms with E-state index < -0.39 is 0 Å². The number of carbonyl (C=O) groups is 1. The fraction of sp³-hybridized carbons (Fsp3) is 0.429. The van der Waals surface area contributed by atoms with Crippen molar-refractivity contribution >= 4 is 17.7 Å². The number of hydrogen-bond acceptors (Lipinski definition) is 6. The standard InChI is InChI=1S/C14H16N4O2S/c19-13(9-21-11-3-6-15-7-4-11)16-8-5-12-17-14(20-18-12)10-1-2-10/h3-4,6-7,10H,1-2,5,8-9H2,(H,16,19). The van der Waals surface area contributed by atoms with E-state index in [0.29, 0.717) is 30.5 Å². The van der Waals surface area contributed by atoms with E-state index in [2.05, 4.69) is 20.4 Å². The molecule has 1 aliphatic rings. The lowest BCUT2D eigenvalue weighted by Crippen LogP contribution is -2.27. The first-order valence-corrected chi connectivity index (χ1v) is 7.92. The highest BCUT2D eigenvalue weighted by Crippen LogP contribution is 2.38. The normalized spacial score (nSPS) is 14.1. The average molecular weight is 304 g/mol. The minimum atomic E-state index is 0.00252. The molecule has 0 saturated heterocycles. The van der Waals surface area contributed by atoms with Crippen LogP contribution in [0.15, 0.2) is 33.9 Å². The Morgan fingerprint density at radius 1 is 1.38 bits per heavy atom. The number of thioether (sulfide) groups is 1. The van der Waals surface area contributed by atoms with Crippen molar-refractivity contribution in [3.05, 3.63) is 36.2 Å². The molecule has 21 heavy (non-hydrogen) atoms. The first-order valence-electron chi connectivity index (χ1n) is 6.93. The van der Waals surface area contributed by atoms with Crippen LogP contribution in [0.4, 0.5) is 0 Å². The predicted octanol–water partition coefficient (Wildman–Crippen LogP) is 1.79. The van der Waals surface area contributed by atoms with Gasteiger partial charge in [-0.25, -0.2) is 0 Å². The summed E-state index contributed by atoms with van der Waals surface area (Å²) in [5, 5.41) is 6.78. The Morgan fingerprint density at radius 3 is 2.95 bits per heavy atom. The Kier molecular flexibility index (Phi) is 4.49. The number of rotatable bonds is 7. The topological polar surface area (TPSA) is 80.9 Å². The summed E-state index contributed by atoms with van der Waals surface area (Å²) in [5.41, 5.74) is 0. The van der Waals surface area contributed by atoms with E-state index in [1.807, 2.05) is 12.1 Å². The molecule has 1 saturated carbocycles. The third-order valence-corrected chi connectivity index (χ3v) is 4.11. The second kappa shape index (κ2) is 6.71. The van der Waals surface area contributed by atoms with Crippen molar-refractivity contribution in [1.82, 2.24) is 20.4 Å². The summed E-state index contributed by atoms with van der Waals surface area (Å²) >= 11 is 1.49. The monoisotopic (exact) mass is 304 g/mol. The number of amides is 1. The molecule has 0 atom stereocenters. The molecule has 0 unspecified atom stereocenters. The van der Waals surface area contributed by atoms with Crippen LogP contribution in [0.2, 0.25) is 0 Å². The van der Waals surface area contributed by atoms with Gasteiger partial charge >= 0.3 is 0 Å². The largest absolute Gasteiger partial charge is 0.355 e. The molecule has 2 heterocycles. The van der Waals surface area contributed by atoms with Gasteiger partial charge in [0.25, 0.3) is 0 Å². The zero-order valence-electron chi connectivity index (χ0n) is 11.5. The van der Waals surface area contributed by atoms with Crippen molar-refractivity contribution < 1.29 is 9.32 Å². The highest BCUT2D eigenvalue weighted by atomic mass is 32.2. The molecule has 0 spiro atoms. The molecule has 2 aromatic heterocycles. The van der Waals surface area contributed by atoms with Gasteiger partial charge in [-0.3, -0.25) is 9.78 Å². The summed E-state index contributed by atoms with van der Waals surface area (Å²) in [6, 6.07) is 3.77. The summed E-state index contributed by atoms with van der Waals surface area (Å²) in [7, 11) is 0. The first-order chi connectivity index (χ1) is 10.3. The van der Waals surface area contributed by atoms with E-state index in [-0.39, 0.29) is 5.91 Å². The fourth-order valence-corrected chi connectivity index (χ4v) is 2.53. The third kappa shape index (κ3) is 4.29. The summed E-state index contributed by atoms with van der Waals surface area (Å²) in [6.07, 6.45) is 6.32. The number of hydrogen-bond donors (Lipinski definition) is 1. The van der Waals surface area contributed by atoms with Crippen LogP contribution in [0.5, 0.6) is 0 Å². The lowest BCUT2D eigenvalue weighted by atomic mass is 10.4. The predicted molar refractivity (Wildman–Crippen MR) is 77.9 cm³/mol. The van der Waals surface area contributed by atoms with Crippen LogP contribution in [-0.4, -0.2) is 33.3 Å². The Hall–Kier alpha value is -1.89. The molecule has 1 fully saturated rings. The van der Waals surface area contributed by atoms with Crippen molar-refractivity contribution in [2.75, 3.05) is 12.3 Å². The Morgan fingerprint density at radius 2 is 2.19 bits per heavy atom. The van der Waals surface area contributed by atoms with Crippen molar-refractivity contribution in [2.24, 2.45) is 0 Å². The molecule has 1 N–H and O–H groups in total. The van der Waals surface area contributed by atoms with E-state index >= 15 is 0 Å². The molecule has 3 rings (SSSR count). The summed E-state index contributed by atoms with van der Waals surface area (Å²) < 4.78 is 5.17. The molecule has 0 aromatic carbocycles. The van der Waals surface area contributed by atoms with Gasteiger partial charge in [0.2, 0.25) is 11.8 Å². The van der Waals surface area contributed by atoms with Crippen LogP contribution in [0.3, 0.4) is 0 Å². The number of aromatic nitrogens is 3. The van der Waals surface area contributed by atoms with Gasteiger partial charge in [-0.2, -0.15) is 4.98 Å². The van der Waals surface area contributed by atoms with Crippen molar-refractivity contribution in [1.29, 1.82) is 0 Å². The zero-order valence-corrected chi connectivity index (χ0v) is 12.3. The minimum absolute atomic E-state index is 0.00252. The molecule has 7 heteroatoms. The lowest BCUT2D eigenvalue weighted by Gasteiger charge is -2.03. The van der Waals surface area contributed by atoms with E-state index in [9.17, 15) is 4.79 Å². The van der Waals surface area contributed by atoms with Crippen LogP contribution < -0.4 is 5.32 Å². The highest BCUT2D eigenvalue weighted by molar-refractivity contribution is 8.00. The smallest absolute Gasteiger partial charge is 0.230 e. The molecular formula is C14H16N4O2S. The van der Waals surface area contributed by atoms with Gasteiger partial charge in [0.05, 0.1) is 5.75 Å². The molecule has 0 bridgehead atoms. The molecule has 6 nitrogen and oxygen atoms in total. The zero-order chi connectivity index (χ0) is 14.5. The molecule has 0 aliphatic heterocycles. The van der Waals surface area contributed by atoms with Crippen LogP contribution >= 0.6 is 11.8 Å². The Labute approximate surface area is 126 Å². The van der Waals surface area contributed by atoms with E-state index in [4.69, 9.17) is 4.52 Å². The maximum Gasteiger partial charge on any atom is 0.230 e. The summed E-state index contributed by atoms with van der Waals surface area (Å²) in [5.74, 6) is 2.27. The van der Waals surface area contributed by atoms with E-state index in [1.165, 1.54) is 11.8 Å². The van der Waals surface area contributed by atoms with Gasteiger partial charge in [0.15, 0.2) is 5.82 Å². The average Bonchev–Trinajstić information content (AvgIpc) is 3.26. The fourth-order valence-electron chi connectivity index (χ4n) is 1.81. The van der Waals surface area contributed by atoms with Gasteiger partial charge < -0.3 is 9.84 Å². The van der Waals surface area contributed by atoms with Crippen LogP contribution in [-0.2, 0) is 11.2 Å². The third-order valence-electron chi connectivity index (χ3n) is 3.10. The van der Waals surface area contributed by atoms with Gasteiger partial charge in [-0.15, -0.1) is 11.8 Å². The van der Waals surface area contributed by atoms with Crippen molar-refractivity contribution in [3.63, 3.8) is 0 Å². The highest BCUT2D eigenvalue weighted by Gasteiger charge is 2.29. The van der Waals surface area contributed by atoms with Crippen LogP contribution in [0.1, 0.15) is 30.5 Å². The molecule has 2 aromatic rings. The molecule has 0 radical (unpaired) electrons. The second-order valence-electron chi connectivity index (χ2n) is 4.89. The minimum Gasteiger partial charge on any atom is -0.355 e. The SMILES string of the molecule is O=C(CSc1ccncc1)NCCc1noc(C2CC2)n1. The second-order valence-corrected chi connectivity index (χ2v) is 5.94. The summed E-state index contributed by atoms with van der Waals surface area (Å²) in [4.78, 5) is 21.0.